The van der Waals surface area contributed by atoms with E-state index in [2.05, 4.69) is 0 Å². The number of carbonyl (C=O) groups excluding carboxylic acids is 2. The van der Waals surface area contributed by atoms with Crippen LogP contribution in [0.4, 0.5) is 0 Å². The Hall–Kier alpha value is -0.530. The van der Waals surface area contributed by atoms with Crippen molar-refractivity contribution < 1.29 is 23.2 Å². The highest BCUT2D eigenvalue weighted by atomic mass is 32.8. The van der Waals surface area contributed by atoms with Gasteiger partial charge in [0, 0.05) is 28.3 Å². The third-order valence-corrected chi connectivity index (χ3v) is 3.88. The first-order valence-corrected chi connectivity index (χ1v) is 8.67. The summed E-state index contributed by atoms with van der Waals surface area (Å²) in [4.78, 5) is 22.1. The zero-order valence-electron chi connectivity index (χ0n) is 11.5. The molecule has 0 rings (SSSR count). The van der Waals surface area contributed by atoms with Crippen LogP contribution in [0.5, 0.6) is 0 Å². The lowest BCUT2D eigenvalue weighted by Crippen LogP contribution is -2.09. The van der Waals surface area contributed by atoms with Gasteiger partial charge < -0.3 is 13.7 Å². The van der Waals surface area contributed by atoms with Crippen LogP contribution in [0.3, 0.4) is 0 Å². The molecule has 5 nitrogen and oxygen atoms in total. The molecule has 0 spiro atoms. The Labute approximate surface area is 121 Å². The Balaban J connectivity index is 3.44. The predicted octanol–water partition coefficient (Wildman–Crippen LogP) is 1.68. The predicted molar refractivity (Wildman–Crippen MR) is 77.3 cm³/mol. The maximum Gasteiger partial charge on any atom is 0.305 e. The third-order valence-electron chi connectivity index (χ3n) is 2.04. The van der Waals surface area contributed by atoms with Crippen molar-refractivity contribution in [3.05, 3.63) is 0 Å². The van der Waals surface area contributed by atoms with Crippen LogP contribution in [-0.4, -0.2) is 37.5 Å². The van der Waals surface area contributed by atoms with Crippen molar-refractivity contribution in [2.45, 2.75) is 39.5 Å². The summed E-state index contributed by atoms with van der Waals surface area (Å²) in [5.74, 6) is 0.252. The Morgan fingerprint density at radius 2 is 1.53 bits per heavy atom. The van der Waals surface area contributed by atoms with Crippen molar-refractivity contribution >= 4 is 32.9 Å². The minimum Gasteiger partial charge on any atom is -0.466 e. The minimum absolute atomic E-state index is 0.197. The Bertz CT molecular complexity index is 294. The highest BCUT2D eigenvalue weighted by Crippen LogP contribution is 2.00. The minimum atomic E-state index is -0.585. The van der Waals surface area contributed by atoms with Gasteiger partial charge in [0.1, 0.15) is 0 Å². The fraction of sp³-hybridized carbons (Fsp3) is 0.833. The molecule has 0 bridgehead atoms. The Kier molecular flexibility index (Phi) is 12.2. The van der Waals surface area contributed by atoms with Crippen LogP contribution in [0.25, 0.3) is 0 Å². The van der Waals surface area contributed by atoms with E-state index in [1.165, 1.54) is 0 Å². The average molecular weight is 310 g/mol. The summed E-state index contributed by atoms with van der Waals surface area (Å²) < 4.78 is 15.0. The lowest BCUT2D eigenvalue weighted by atomic mass is 10.3. The van der Waals surface area contributed by atoms with Crippen LogP contribution >= 0.6 is 0 Å². The van der Waals surface area contributed by atoms with Crippen LogP contribution in [0, 0.1) is 0 Å². The van der Waals surface area contributed by atoms with Gasteiger partial charge in [-0.1, -0.05) is 0 Å². The summed E-state index contributed by atoms with van der Waals surface area (Å²) in [6.45, 7) is 4.81. The highest BCUT2D eigenvalue weighted by Gasteiger charge is 2.04. The zero-order chi connectivity index (χ0) is 14.5. The van der Waals surface area contributed by atoms with Crippen molar-refractivity contribution in [1.29, 1.82) is 0 Å². The van der Waals surface area contributed by atoms with Crippen LogP contribution in [-0.2, 0) is 44.2 Å². The van der Waals surface area contributed by atoms with E-state index < -0.39 is 9.74 Å². The van der Waals surface area contributed by atoms with Gasteiger partial charge in [-0.2, -0.15) is 0 Å². The first-order chi connectivity index (χ1) is 9.10. The molecular formula is C12H22O5S2. The standard InChI is InChI=1S/C12H22O5S2/c1-3-15-11(13)7-5-9-17-19(18)10-6-8-12(14)16-4-2/h3-10H2,1-2H3. The molecule has 1 unspecified atom stereocenters. The molecule has 0 aromatic carbocycles. The summed E-state index contributed by atoms with van der Waals surface area (Å²) in [6, 6.07) is 0. The maximum absolute atomic E-state index is 11.1. The molecule has 0 aliphatic heterocycles. The molecule has 0 radical (unpaired) electrons. The third kappa shape index (κ3) is 12.3. The van der Waals surface area contributed by atoms with Gasteiger partial charge in [-0.25, -0.2) is 0 Å². The van der Waals surface area contributed by atoms with Gasteiger partial charge in [0.2, 0.25) is 0 Å². The molecule has 0 N–H and O–H groups in total. The van der Waals surface area contributed by atoms with Crippen molar-refractivity contribution in [2.75, 3.05) is 25.6 Å². The molecule has 0 saturated heterocycles. The first kappa shape index (κ1) is 18.5. The number of ether oxygens (including phenoxy) is 2. The van der Waals surface area contributed by atoms with E-state index >= 15 is 0 Å². The van der Waals surface area contributed by atoms with Gasteiger partial charge >= 0.3 is 11.9 Å². The molecule has 0 aromatic heterocycles. The van der Waals surface area contributed by atoms with E-state index in [9.17, 15) is 9.59 Å². The zero-order valence-corrected chi connectivity index (χ0v) is 13.1. The molecule has 0 aromatic rings. The lowest BCUT2D eigenvalue weighted by molar-refractivity contribution is -0.144. The summed E-state index contributed by atoms with van der Waals surface area (Å²) in [5, 5.41) is 0. The van der Waals surface area contributed by atoms with Crippen LogP contribution < -0.4 is 0 Å². The van der Waals surface area contributed by atoms with E-state index in [4.69, 9.17) is 24.8 Å². The average Bonchev–Trinajstić information content (AvgIpc) is 2.35. The molecule has 0 heterocycles. The maximum atomic E-state index is 11.1. The molecule has 0 saturated carbocycles. The summed E-state index contributed by atoms with van der Waals surface area (Å²) in [5.41, 5.74) is 0. The molecule has 1 atom stereocenters. The molecule has 0 amide bonds. The Morgan fingerprint density at radius 3 is 2.05 bits per heavy atom. The fourth-order valence-corrected chi connectivity index (χ4v) is 2.59. The van der Waals surface area contributed by atoms with Gasteiger partial charge in [-0.3, -0.25) is 9.59 Å². The van der Waals surface area contributed by atoms with Crippen molar-refractivity contribution in [1.82, 2.24) is 0 Å². The largest absolute Gasteiger partial charge is 0.466 e. The van der Waals surface area contributed by atoms with E-state index in [-0.39, 0.29) is 11.9 Å². The first-order valence-electron chi connectivity index (χ1n) is 6.43. The van der Waals surface area contributed by atoms with Gasteiger partial charge in [-0.05, 0) is 37.9 Å². The molecular weight excluding hydrogens is 288 g/mol. The molecule has 0 aliphatic rings. The van der Waals surface area contributed by atoms with Crippen molar-refractivity contribution in [3.8, 4) is 0 Å². The smallest absolute Gasteiger partial charge is 0.305 e. The van der Waals surface area contributed by atoms with Gasteiger partial charge in [0.15, 0.2) is 0 Å². The summed E-state index contributed by atoms with van der Waals surface area (Å²) in [7, 11) is -0.585. The topological polar surface area (TPSA) is 61.8 Å². The second-order valence-corrected chi connectivity index (χ2v) is 6.01. The van der Waals surface area contributed by atoms with E-state index in [0.717, 1.165) is 0 Å². The van der Waals surface area contributed by atoms with Gasteiger partial charge in [0.25, 0.3) is 0 Å². The molecule has 0 aliphatic carbocycles. The van der Waals surface area contributed by atoms with Crippen molar-refractivity contribution in [2.24, 2.45) is 0 Å². The quantitative estimate of drug-likeness (QED) is 0.427. The SMILES string of the molecule is CCOC(=O)CCCOS(=S)CCCC(=O)OCC. The number of rotatable bonds is 11. The molecule has 7 heteroatoms. The number of esters is 2. The number of hydrogen-bond donors (Lipinski definition) is 0. The monoisotopic (exact) mass is 310 g/mol. The lowest BCUT2D eigenvalue weighted by Gasteiger charge is -2.06. The second kappa shape index (κ2) is 12.5. The van der Waals surface area contributed by atoms with Gasteiger partial charge in [-0.15, -0.1) is 0 Å². The van der Waals surface area contributed by atoms with Crippen molar-refractivity contribution in [3.63, 3.8) is 0 Å². The van der Waals surface area contributed by atoms with Crippen LogP contribution in [0.2, 0.25) is 0 Å². The highest BCUT2D eigenvalue weighted by molar-refractivity contribution is 8.26. The fourth-order valence-electron chi connectivity index (χ4n) is 1.23. The Morgan fingerprint density at radius 1 is 1.00 bits per heavy atom. The number of hydrogen-bond acceptors (Lipinski definition) is 6. The summed E-state index contributed by atoms with van der Waals surface area (Å²) in [6.07, 6.45) is 2.00. The van der Waals surface area contributed by atoms with Gasteiger partial charge in [0.05, 0.1) is 19.8 Å². The normalized spacial score (nSPS) is 11.9. The van der Waals surface area contributed by atoms with Crippen LogP contribution in [0.15, 0.2) is 0 Å². The van der Waals surface area contributed by atoms with E-state index in [1.54, 1.807) is 13.8 Å². The molecule has 0 fully saturated rings. The molecule has 19 heavy (non-hydrogen) atoms. The van der Waals surface area contributed by atoms with E-state index in [0.29, 0.717) is 51.3 Å². The number of carbonyl (C=O) groups is 2. The second-order valence-electron chi connectivity index (χ2n) is 3.65. The summed E-state index contributed by atoms with van der Waals surface area (Å²) >= 11 is 5.12. The van der Waals surface area contributed by atoms with E-state index in [1.807, 2.05) is 0 Å². The van der Waals surface area contributed by atoms with Crippen LogP contribution in [0.1, 0.15) is 39.5 Å². The molecule has 112 valence electrons.